The minimum absolute atomic E-state index is 0.0761. The predicted octanol–water partition coefficient (Wildman–Crippen LogP) is 3.87. The Morgan fingerprint density at radius 3 is 2.22 bits per heavy atom. The van der Waals surface area contributed by atoms with Gasteiger partial charge in [0.25, 0.3) is 0 Å². The van der Waals surface area contributed by atoms with E-state index < -0.39 is 0 Å². The molecule has 1 aliphatic heterocycles. The minimum Gasteiger partial charge on any atom is -0.286 e. The number of benzene rings is 1. The maximum Gasteiger partial charge on any atom is 0.0971 e. The minimum atomic E-state index is 0.0761. The van der Waals surface area contributed by atoms with E-state index in [4.69, 9.17) is 0 Å². The Hall–Kier alpha value is -1.26. The van der Waals surface area contributed by atoms with Crippen molar-refractivity contribution in [3.8, 4) is 11.8 Å². The van der Waals surface area contributed by atoms with E-state index in [1.807, 2.05) is 0 Å². The molecular weight excluding hydrogens is 218 g/mol. The van der Waals surface area contributed by atoms with Crippen molar-refractivity contribution in [3.05, 3.63) is 35.9 Å². The number of rotatable bonds is 2. The first kappa shape index (κ1) is 13.2. The van der Waals surface area contributed by atoms with Crippen LogP contribution in [-0.2, 0) is 0 Å². The van der Waals surface area contributed by atoms with E-state index in [-0.39, 0.29) is 11.5 Å². The Labute approximate surface area is 111 Å². The van der Waals surface area contributed by atoms with Gasteiger partial charge in [0.15, 0.2) is 0 Å². The van der Waals surface area contributed by atoms with Gasteiger partial charge in [-0.15, -0.1) is 0 Å². The van der Waals surface area contributed by atoms with Crippen molar-refractivity contribution in [1.82, 2.24) is 4.90 Å². The standard InChI is InChI=1S/C17H23N/c1-17(2,3)12-11-16(18-13-7-8-14-18)15-9-5-4-6-10-15/h4-6,9-10,16H,7-8,13-14H2,1-3H3. The summed E-state index contributed by atoms with van der Waals surface area (Å²) in [6, 6.07) is 10.9. The molecule has 0 saturated carbocycles. The van der Waals surface area contributed by atoms with Crippen molar-refractivity contribution in [2.45, 2.75) is 39.7 Å². The highest BCUT2D eigenvalue weighted by atomic mass is 15.2. The Kier molecular flexibility index (Phi) is 4.09. The Balaban J connectivity index is 2.25. The van der Waals surface area contributed by atoms with Gasteiger partial charge < -0.3 is 0 Å². The topological polar surface area (TPSA) is 3.24 Å². The molecule has 0 amide bonds. The van der Waals surface area contributed by atoms with Gasteiger partial charge in [-0.25, -0.2) is 0 Å². The van der Waals surface area contributed by atoms with Crippen LogP contribution >= 0.6 is 0 Å². The largest absolute Gasteiger partial charge is 0.286 e. The SMILES string of the molecule is CC(C)(C)C#CC(c1ccccc1)N1CCCC1. The molecule has 1 saturated heterocycles. The van der Waals surface area contributed by atoms with Gasteiger partial charge in [-0.3, -0.25) is 4.90 Å². The highest BCUT2D eigenvalue weighted by Gasteiger charge is 2.21. The summed E-state index contributed by atoms with van der Waals surface area (Å²) in [7, 11) is 0. The van der Waals surface area contributed by atoms with Gasteiger partial charge in [0.2, 0.25) is 0 Å². The number of nitrogens with zero attached hydrogens (tertiary/aromatic N) is 1. The summed E-state index contributed by atoms with van der Waals surface area (Å²) in [6.45, 7) is 8.88. The van der Waals surface area contributed by atoms with E-state index in [2.05, 4.69) is 67.8 Å². The summed E-state index contributed by atoms with van der Waals surface area (Å²) in [5.41, 5.74) is 1.41. The zero-order valence-corrected chi connectivity index (χ0v) is 11.7. The molecule has 0 N–H and O–H groups in total. The molecule has 1 fully saturated rings. The second-order valence-electron chi connectivity index (χ2n) is 6.08. The summed E-state index contributed by atoms with van der Waals surface area (Å²) < 4.78 is 0. The zero-order chi connectivity index (χ0) is 13.0. The molecule has 0 radical (unpaired) electrons. The molecule has 0 spiro atoms. The normalized spacial score (nSPS) is 18.2. The molecule has 0 aliphatic carbocycles. The lowest BCUT2D eigenvalue weighted by molar-refractivity contribution is 0.296. The molecule has 1 atom stereocenters. The molecular formula is C17H23N. The van der Waals surface area contributed by atoms with E-state index in [1.165, 1.54) is 31.5 Å². The molecule has 96 valence electrons. The van der Waals surface area contributed by atoms with Gasteiger partial charge in [-0.2, -0.15) is 0 Å². The Morgan fingerprint density at radius 2 is 1.67 bits per heavy atom. The first-order valence-electron chi connectivity index (χ1n) is 6.88. The van der Waals surface area contributed by atoms with Crippen LogP contribution in [0.1, 0.15) is 45.2 Å². The highest BCUT2D eigenvalue weighted by molar-refractivity contribution is 5.28. The van der Waals surface area contributed by atoms with Gasteiger partial charge in [0.1, 0.15) is 0 Å². The van der Waals surface area contributed by atoms with E-state index in [0.717, 1.165) is 0 Å². The summed E-state index contributed by atoms with van der Waals surface area (Å²) in [5, 5.41) is 0. The summed E-state index contributed by atoms with van der Waals surface area (Å²) >= 11 is 0. The van der Waals surface area contributed by atoms with Crippen LogP contribution in [0.25, 0.3) is 0 Å². The maximum atomic E-state index is 3.49. The molecule has 1 unspecified atom stereocenters. The van der Waals surface area contributed by atoms with Crippen LogP contribution in [0.5, 0.6) is 0 Å². The van der Waals surface area contributed by atoms with Crippen LogP contribution in [-0.4, -0.2) is 18.0 Å². The van der Waals surface area contributed by atoms with Crippen molar-refractivity contribution < 1.29 is 0 Å². The number of likely N-dealkylation sites (tertiary alicyclic amines) is 1. The Bertz CT molecular complexity index is 424. The number of hydrogen-bond donors (Lipinski definition) is 0. The number of hydrogen-bond acceptors (Lipinski definition) is 1. The third-order valence-electron chi connectivity index (χ3n) is 3.21. The van der Waals surface area contributed by atoms with Crippen LogP contribution < -0.4 is 0 Å². The maximum absolute atomic E-state index is 3.49. The molecule has 1 aromatic rings. The molecule has 0 aromatic heterocycles. The second-order valence-corrected chi connectivity index (χ2v) is 6.08. The zero-order valence-electron chi connectivity index (χ0n) is 11.7. The molecule has 1 aliphatic rings. The third kappa shape index (κ3) is 3.62. The summed E-state index contributed by atoms with van der Waals surface area (Å²) in [4.78, 5) is 2.51. The molecule has 1 heteroatoms. The molecule has 0 bridgehead atoms. The fourth-order valence-electron chi connectivity index (χ4n) is 2.31. The molecule has 1 aromatic carbocycles. The van der Waals surface area contributed by atoms with Gasteiger partial charge in [-0.05, 0) is 52.3 Å². The van der Waals surface area contributed by atoms with Gasteiger partial charge in [0.05, 0.1) is 6.04 Å². The lowest BCUT2D eigenvalue weighted by atomic mass is 9.96. The van der Waals surface area contributed by atoms with Crippen LogP contribution in [0, 0.1) is 17.3 Å². The summed E-state index contributed by atoms with van der Waals surface area (Å²) in [5.74, 6) is 6.90. The van der Waals surface area contributed by atoms with Crippen molar-refractivity contribution in [2.24, 2.45) is 5.41 Å². The van der Waals surface area contributed by atoms with Crippen molar-refractivity contribution in [3.63, 3.8) is 0 Å². The average molecular weight is 241 g/mol. The fraction of sp³-hybridized carbons (Fsp3) is 0.529. The van der Waals surface area contributed by atoms with Crippen LogP contribution in [0.15, 0.2) is 30.3 Å². The van der Waals surface area contributed by atoms with E-state index in [0.29, 0.717) is 0 Å². The van der Waals surface area contributed by atoms with Gasteiger partial charge in [0, 0.05) is 5.41 Å². The van der Waals surface area contributed by atoms with E-state index in [1.54, 1.807) is 0 Å². The first-order chi connectivity index (χ1) is 8.56. The Morgan fingerprint density at radius 1 is 1.06 bits per heavy atom. The second kappa shape index (κ2) is 5.59. The van der Waals surface area contributed by atoms with Crippen LogP contribution in [0.2, 0.25) is 0 Å². The third-order valence-corrected chi connectivity index (χ3v) is 3.21. The van der Waals surface area contributed by atoms with Crippen molar-refractivity contribution in [2.75, 3.05) is 13.1 Å². The monoisotopic (exact) mass is 241 g/mol. The molecule has 1 heterocycles. The smallest absolute Gasteiger partial charge is 0.0971 e. The predicted molar refractivity (Wildman–Crippen MR) is 77.2 cm³/mol. The summed E-state index contributed by atoms with van der Waals surface area (Å²) in [6.07, 6.45) is 2.61. The molecule has 1 nitrogen and oxygen atoms in total. The lowest BCUT2D eigenvalue weighted by Crippen LogP contribution is -2.24. The molecule has 18 heavy (non-hydrogen) atoms. The van der Waals surface area contributed by atoms with Crippen molar-refractivity contribution in [1.29, 1.82) is 0 Å². The lowest BCUT2D eigenvalue weighted by Gasteiger charge is -2.23. The van der Waals surface area contributed by atoms with E-state index in [9.17, 15) is 0 Å². The fourth-order valence-corrected chi connectivity index (χ4v) is 2.31. The first-order valence-corrected chi connectivity index (χ1v) is 6.88. The van der Waals surface area contributed by atoms with E-state index >= 15 is 0 Å². The van der Waals surface area contributed by atoms with Crippen LogP contribution in [0.4, 0.5) is 0 Å². The average Bonchev–Trinajstić information content (AvgIpc) is 2.83. The van der Waals surface area contributed by atoms with Crippen molar-refractivity contribution >= 4 is 0 Å². The van der Waals surface area contributed by atoms with Gasteiger partial charge >= 0.3 is 0 Å². The molecule has 2 rings (SSSR count). The van der Waals surface area contributed by atoms with Gasteiger partial charge in [-0.1, -0.05) is 42.2 Å². The van der Waals surface area contributed by atoms with Crippen LogP contribution in [0.3, 0.4) is 0 Å². The highest BCUT2D eigenvalue weighted by Crippen LogP contribution is 2.25. The quantitative estimate of drug-likeness (QED) is 0.710.